The van der Waals surface area contributed by atoms with Crippen molar-refractivity contribution in [2.75, 3.05) is 23.6 Å². The number of hydrogen-bond donors (Lipinski definition) is 2. The third-order valence-electron chi connectivity index (χ3n) is 2.21. The topological polar surface area (TPSA) is 58.2 Å². The Hall–Kier alpha value is -0.850. The average Bonchev–Trinajstić information content (AvgIpc) is 2.29. The summed E-state index contributed by atoms with van der Waals surface area (Å²) in [4.78, 5) is 0. The number of anilines is 1. The highest BCUT2D eigenvalue weighted by molar-refractivity contribution is 7.92. The minimum atomic E-state index is -3.42. The Morgan fingerprint density at radius 1 is 1.39 bits per heavy atom. The van der Waals surface area contributed by atoms with Gasteiger partial charge in [0.25, 0.3) is 0 Å². The van der Waals surface area contributed by atoms with Crippen molar-refractivity contribution in [3.63, 3.8) is 0 Å². The van der Waals surface area contributed by atoms with Crippen LogP contribution in [0.2, 0.25) is 5.02 Å². The smallest absolute Gasteiger partial charge is 0.232 e. The third kappa shape index (κ3) is 5.20. The molecule has 0 radical (unpaired) electrons. The molecule has 102 valence electrons. The molecular formula is C11H16ClFN2O2S. The summed E-state index contributed by atoms with van der Waals surface area (Å²) in [5.74, 6) is -0.568. The number of benzene rings is 1. The second-order valence-electron chi connectivity index (χ2n) is 3.76. The highest BCUT2D eigenvalue weighted by Crippen LogP contribution is 2.20. The first kappa shape index (κ1) is 15.2. The van der Waals surface area contributed by atoms with E-state index >= 15 is 0 Å². The summed E-state index contributed by atoms with van der Waals surface area (Å²) in [6.45, 7) is 3.40. The number of rotatable bonds is 7. The van der Waals surface area contributed by atoms with Gasteiger partial charge in [-0.1, -0.05) is 18.5 Å². The molecule has 0 aromatic heterocycles. The van der Waals surface area contributed by atoms with Gasteiger partial charge in [-0.3, -0.25) is 4.72 Å². The van der Waals surface area contributed by atoms with E-state index in [4.69, 9.17) is 11.6 Å². The molecule has 0 amide bonds. The maximum absolute atomic E-state index is 12.9. The van der Waals surface area contributed by atoms with Crippen molar-refractivity contribution in [1.29, 1.82) is 0 Å². The van der Waals surface area contributed by atoms with Crippen molar-refractivity contribution in [2.45, 2.75) is 13.3 Å². The van der Waals surface area contributed by atoms with Crippen LogP contribution in [0.3, 0.4) is 0 Å². The summed E-state index contributed by atoms with van der Waals surface area (Å²) in [6.07, 6.45) is 0.512. The Morgan fingerprint density at radius 2 is 2.11 bits per heavy atom. The Balaban J connectivity index is 2.56. The van der Waals surface area contributed by atoms with Gasteiger partial charge in [-0.15, -0.1) is 0 Å². The molecule has 1 aromatic carbocycles. The highest BCUT2D eigenvalue weighted by Gasteiger charge is 2.11. The van der Waals surface area contributed by atoms with Crippen molar-refractivity contribution in [2.24, 2.45) is 0 Å². The zero-order valence-electron chi connectivity index (χ0n) is 10.0. The van der Waals surface area contributed by atoms with Crippen LogP contribution in [0.15, 0.2) is 18.2 Å². The number of sulfonamides is 1. The van der Waals surface area contributed by atoms with E-state index in [9.17, 15) is 12.8 Å². The Morgan fingerprint density at radius 3 is 2.72 bits per heavy atom. The van der Waals surface area contributed by atoms with E-state index in [1.165, 1.54) is 12.1 Å². The normalized spacial score (nSPS) is 11.5. The van der Waals surface area contributed by atoms with Crippen molar-refractivity contribution in [3.8, 4) is 0 Å². The Labute approximate surface area is 112 Å². The zero-order chi connectivity index (χ0) is 13.6. The molecule has 7 heteroatoms. The first-order valence-corrected chi connectivity index (χ1v) is 7.64. The number of nitrogens with one attached hydrogen (secondary N) is 2. The van der Waals surface area contributed by atoms with Crippen LogP contribution in [0.1, 0.15) is 13.3 Å². The number of hydrogen-bond acceptors (Lipinski definition) is 3. The molecule has 0 atom stereocenters. The first-order valence-electron chi connectivity index (χ1n) is 5.61. The van der Waals surface area contributed by atoms with E-state index in [1.54, 1.807) is 0 Å². The van der Waals surface area contributed by atoms with E-state index in [-0.39, 0.29) is 16.5 Å². The maximum Gasteiger partial charge on any atom is 0.232 e. The van der Waals surface area contributed by atoms with Gasteiger partial charge in [-0.25, -0.2) is 12.8 Å². The lowest BCUT2D eigenvalue weighted by Crippen LogP contribution is -2.21. The van der Waals surface area contributed by atoms with Gasteiger partial charge in [0.1, 0.15) is 5.82 Å². The van der Waals surface area contributed by atoms with Crippen LogP contribution in [0.4, 0.5) is 10.1 Å². The molecule has 0 unspecified atom stereocenters. The molecule has 0 saturated carbocycles. The van der Waals surface area contributed by atoms with E-state index in [0.29, 0.717) is 13.0 Å². The molecular weight excluding hydrogens is 279 g/mol. The van der Waals surface area contributed by atoms with Gasteiger partial charge in [0.05, 0.1) is 16.5 Å². The van der Waals surface area contributed by atoms with Crippen molar-refractivity contribution in [3.05, 3.63) is 29.0 Å². The van der Waals surface area contributed by atoms with E-state index < -0.39 is 15.8 Å². The van der Waals surface area contributed by atoms with Crippen molar-refractivity contribution in [1.82, 2.24) is 5.32 Å². The first-order chi connectivity index (χ1) is 8.44. The summed E-state index contributed by atoms with van der Waals surface area (Å²) in [7, 11) is -3.42. The van der Waals surface area contributed by atoms with Gasteiger partial charge in [0.15, 0.2) is 0 Å². The summed E-state index contributed by atoms with van der Waals surface area (Å²) in [5, 5.41) is 2.93. The maximum atomic E-state index is 12.9. The second-order valence-corrected chi connectivity index (χ2v) is 6.01. The van der Waals surface area contributed by atoms with Gasteiger partial charge >= 0.3 is 0 Å². The van der Waals surface area contributed by atoms with Gasteiger partial charge in [0, 0.05) is 0 Å². The molecule has 0 fully saturated rings. The lowest BCUT2D eigenvalue weighted by Gasteiger charge is -2.08. The standard InChI is InChI=1S/C11H16ClFN2O2S/c1-2-14-6-3-7-18(16,17)15-9-4-5-11(13)10(12)8-9/h4-5,8,14-15H,2-3,6-7H2,1H3. The van der Waals surface area contributed by atoms with Crippen LogP contribution in [-0.4, -0.2) is 27.3 Å². The molecule has 0 heterocycles. The fourth-order valence-electron chi connectivity index (χ4n) is 1.35. The number of halogens is 2. The van der Waals surface area contributed by atoms with Crippen LogP contribution >= 0.6 is 11.6 Å². The molecule has 2 N–H and O–H groups in total. The van der Waals surface area contributed by atoms with Crippen LogP contribution in [0.25, 0.3) is 0 Å². The van der Waals surface area contributed by atoms with Gasteiger partial charge in [0.2, 0.25) is 10.0 Å². The molecule has 4 nitrogen and oxygen atoms in total. The third-order valence-corrected chi connectivity index (χ3v) is 3.87. The van der Waals surface area contributed by atoms with Gasteiger partial charge in [-0.2, -0.15) is 0 Å². The molecule has 1 rings (SSSR count). The molecule has 0 spiro atoms. The zero-order valence-corrected chi connectivity index (χ0v) is 11.6. The summed E-state index contributed by atoms with van der Waals surface area (Å²) in [6, 6.07) is 3.71. The largest absolute Gasteiger partial charge is 0.317 e. The lowest BCUT2D eigenvalue weighted by molar-refractivity contribution is 0.595. The quantitative estimate of drug-likeness (QED) is 0.758. The Bertz CT molecular complexity index is 494. The van der Waals surface area contributed by atoms with Gasteiger partial charge in [-0.05, 0) is 37.7 Å². The molecule has 0 bridgehead atoms. The van der Waals surface area contributed by atoms with Crippen molar-refractivity contribution < 1.29 is 12.8 Å². The molecule has 18 heavy (non-hydrogen) atoms. The minimum Gasteiger partial charge on any atom is -0.317 e. The highest BCUT2D eigenvalue weighted by atomic mass is 35.5. The predicted octanol–water partition coefficient (Wildman–Crippen LogP) is 2.22. The van der Waals surface area contributed by atoms with E-state index in [1.807, 2.05) is 6.92 Å². The SMILES string of the molecule is CCNCCCS(=O)(=O)Nc1ccc(F)c(Cl)c1. The lowest BCUT2D eigenvalue weighted by atomic mass is 10.3. The fourth-order valence-corrected chi connectivity index (χ4v) is 2.65. The molecule has 0 aliphatic rings. The monoisotopic (exact) mass is 294 g/mol. The van der Waals surface area contributed by atoms with Crippen LogP contribution < -0.4 is 10.0 Å². The molecule has 0 saturated heterocycles. The molecule has 0 aliphatic heterocycles. The molecule has 1 aromatic rings. The van der Waals surface area contributed by atoms with E-state index in [2.05, 4.69) is 10.0 Å². The average molecular weight is 295 g/mol. The van der Waals surface area contributed by atoms with Gasteiger partial charge < -0.3 is 5.32 Å². The van der Waals surface area contributed by atoms with Crippen LogP contribution in [-0.2, 0) is 10.0 Å². The summed E-state index contributed by atoms with van der Waals surface area (Å²) in [5.41, 5.74) is 0.268. The fraction of sp³-hybridized carbons (Fsp3) is 0.455. The Kier molecular flexibility index (Phi) is 5.84. The van der Waals surface area contributed by atoms with Crippen molar-refractivity contribution >= 4 is 27.3 Å². The minimum absolute atomic E-state index is 0.00892. The van der Waals surface area contributed by atoms with E-state index in [0.717, 1.165) is 12.6 Å². The summed E-state index contributed by atoms with van der Waals surface area (Å²) >= 11 is 5.57. The van der Waals surface area contributed by atoms with Crippen LogP contribution in [0.5, 0.6) is 0 Å². The van der Waals surface area contributed by atoms with Crippen LogP contribution in [0, 0.1) is 5.82 Å². The summed E-state index contributed by atoms with van der Waals surface area (Å²) < 4.78 is 38.6. The molecule has 0 aliphatic carbocycles. The second kappa shape index (κ2) is 6.92. The predicted molar refractivity (Wildman–Crippen MR) is 72.0 cm³/mol.